The van der Waals surface area contributed by atoms with Gasteiger partial charge in [-0.2, -0.15) is 5.10 Å². The molecule has 1 aliphatic heterocycles. The van der Waals surface area contributed by atoms with Crippen molar-refractivity contribution in [1.82, 2.24) is 45.7 Å². The van der Waals surface area contributed by atoms with Crippen molar-refractivity contribution in [2.24, 2.45) is 5.92 Å². The summed E-state index contributed by atoms with van der Waals surface area (Å²) in [6.45, 7) is 0.607. The van der Waals surface area contributed by atoms with E-state index in [4.69, 9.17) is 0 Å². The number of dihydropyridines is 1. The van der Waals surface area contributed by atoms with Crippen LogP contribution in [0.3, 0.4) is 0 Å². The Bertz CT molecular complexity index is 1560. The summed E-state index contributed by atoms with van der Waals surface area (Å²) in [5.41, 5.74) is 5.44. The minimum absolute atomic E-state index is 0.0627. The summed E-state index contributed by atoms with van der Waals surface area (Å²) in [5.74, 6) is 0.534. The van der Waals surface area contributed by atoms with Crippen molar-refractivity contribution in [1.29, 1.82) is 0 Å². The van der Waals surface area contributed by atoms with Crippen LogP contribution in [0.5, 0.6) is 0 Å². The smallest absolute Gasteiger partial charge is 0.257 e. The number of carbonyl (C=O) groups is 2. The molecule has 1 saturated carbocycles. The lowest BCUT2D eigenvalue weighted by Gasteiger charge is -2.16. The number of hydrogen-bond donors (Lipinski definition) is 4. The van der Waals surface area contributed by atoms with E-state index in [1.807, 2.05) is 18.3 Å². The van der Waals surface area contributed by atoms with Gasteiger partial charge in [0.15, 0.2) is 11.5 Å². The number of H-pyrrole nitrogens is 2. The summed E-state index contributed by atoms with van der Waals surface area (Å²) in [6.07, 6.45) is 10.6. The SMILES string of the molecule is CN(C)C(=O)c1cncc2[nH]c(-c3n[nH]c4ncc(C5=CC(NC(=O)C6CC6)=CNC5)cc34)nc12. The molecule has 4 aromatic heterocycles. The van der Waals surface area contributed by atoms with Crippen molar-refractivity contribution in [2.75, 3.05) is 20.6 Å². The van der Waals surface area contributed by atoms with E-state index in [-0.39, 0.29) is 17.7 Å². The molecule has 0 saturated heterocycles. The van der Waals surface area contributed by atoms with Crippen molar-refractivity contribution in [2.45, 2.75) is 12.8 Å². The van der Waals surface area contributed by atoms with Gasteiger partial charge in [-0.05, 0) is 36.1 Å². The third-order valence-electron chi connectivity index (χ3n) is 6.14. The number of aromatic amines is 2. The molecule has 11 heteroatoms. The fraction of sp³-hybridized carbons (Fsp3) is 0.250. The largest absolute Gasteiger partial charge is 0.385 e. The van der Waals surface area contributed by atoms with Crippen LogP contribution in [0.2, 0.25) is 0 Å². The number of fused-ring (bicyclic) bond motifs is 2. The fourth-order valence-corrected chi connectivity index (χ4v) is 4.10. The third-order valence-corrected chi connectivity index (χ3v) is 6.14. The Morgan fingerprint density at radius 2 is 2.03 bits per heavy atom. The molecule has 2 aliphatic rings. The molecule has 35 heavy (non-hydrogen) atoms. The minimum Gasteiger partial charge on any atom is -0.385 e. The Balaban J connectivity index is 1.37. The number of aromatic nitrogens is 6. The van der Waals surface area contributed by atoms with E-state index in [2.05, 4.69) is 40.8 Å². The van der Waals surface area contributed by atoms with Crippen LogP contribution in [-0.4, -0.2) is 67.5 Å². The highest BCUT2D eigenvalue weighted by Crippen LogP contribution is 2.31. The van der Waals surface area contributed by atoms with E-state index in [1.165, 1.54) is 11.1 Å². The number of carbonyl (C=O) groups excluding carboxylic acids is 2. The molecule has 0 unspecified atom stereocenters. The van der Waals surface area contributed by atoms with Crippen LogP contribution < -0.4 is 10.6 Å². The zero-order valence-electron chi connectivity index (χ0n) is 19.2. The van der Waals surface area contributed by atoms with Crippen molar-refractivity contribution in [3.8, 4) is 11.5 Å². The number of imidazole rings is 1. The average molecular weight is 470 g/mol. The van der Waals surface area contributed by atoms with Gasteiger partial charge in [0.2, 0.25) is 5.91 Å². The summed E-state index contributed by atoms with van der Waals surface area (Å²) in [6, 6.07) is 2.00. The number of allylic oxidation sites excluding steroid dienone is 1. The Labute approximate surface area is 199 Å². The number of nitrogens with zero attached hydrogens (tertiary/aromatic N) is 5. The Hall–Kier alpha value is -4.54. The highest BCUT2D eigenvalue weighted by atomic mass is 16.2. The van der Waals surface area contributed by atoms with Gasteiger partial charge >= 0.3 is 0 Å². The highest BCUT2D eigenvalue weighted by Gasteiger charge is 2.30. The summed E-state index contributed by atoms with van der Waals surface area (Å²) < 4.78 is 0. The van der Waals surface area contributed by atoms with Gasteiger partial charge in [0.25, 0.3) is 5.91 Å². The van der Waals surface area contributed by atoms with E-state index >= 15 is 0 Å². The first-order valence-corrected chi connectivity index (χ1v) is 11.3. The minimum atomic E-state index is -0.175. The van der Waals surface area contributed by atoms with Crippen LogP contribution in [0.4, 0.5) is 0 Å². The fourth-order valence-electron chi connectivity index (χ4n) is 4.10. The van der Waals surface area contributed by atoms with E-state index < -0.39 is 0 Å². The average Bonchev–Trinajstić information content (AvgIpc) is 3.49. The van der Waals surface area contributed by atoms with Gasteiger partial charge < -0.3 is 20.5 Å². The molecule has 2 amide bonds. The highest BCUT2D eigenvalue weighted by molar-refractivity contribution is 6.05. The number of nitrogens with one attached hydrogen (secondary N) is 4. The molecule has 176 valence electrons. The molecular formula is C24H23N9O2. The second kappa shape index (κ2) is 8.05. The lowest BCUT2D eigenvalue weighted by atomic mass is 10.0. The molecule has 1 aliphatic carbocycles. The van der Waals surface area contributed by atoms with Crippen LogP contribution in [0.15, 0.2) is 42.6 Å². The number of pyridine rings is 2. The van der Waals surface area contributed by atoms with Crippen LogP contribution in [0, 0.1) is 5.92 Å². The van der Waals surface area contributed by atoms with Crippen molar-refractivity contribution < 1.29 is 9.59 Å². The van der Waals surface area contributed by atoms with E-state index in [9.17, 15) is 9.59 Å². The molecule has 5 heterocycles. The van der Waals surface area contributed by atoms with Gasteiger partial charge in [0.05, 0.1) is 28.4 Å². The van der Waals surface area contributed by atoms with Gasteiger partial charge in [-0.1, -0.05) is 0 Å². The molecule has 0 aromatic carbocycles. The van der Waals surface area contributed by atoms with E-state index in [0.29, 0.717) is 40.3 Å². The van der Waals surface area contributed by atoms with Crippen molar-refractivity contribution in [3.05, 3.63) is 53.8 Å². The zero-order valence-corrected chi connectivity index (χ0v) is 19.2. The lowest BCUT2D eigenvalue weighted by Crippen LogP contribution is -2.27. The first kappa shape index (κ1) is 21.0. The molecule has 11 nitrogen and oxygen atoms in total. The van der Waals surface area contributed by atoms with Crippen LogP contribution in [0.1, 0.15) is 28.8 Å². The maximum Gasteiger partial charge on any atom is 0.257 e. The Morgan fingerprint density at radius 1 is 1.17 bits per heavy atom. The Morgan fingerprint density at radius 3 is 2.83 bits per heavy atom. The molecular weight excluding hydrogens is 446 g/mol. The quantitative estimate of drug-likeness (QED) is 0.350. The molecule has 0 spiro atoms. The second-order valence-electron chi connectivity index (χ2n) is 8.97. The van der Waals surface area contributed by atoms with Crippen LogP contribution in [0.25, 0.3) is 39.2 Å². The van der Waals surface area contributed by atoms with Gasteiger partial charge in [-0.15, -0.1) is 0 Å². The molecule has 4 N–H and O–H groups in total. The van der Waals surface area contributed by atoms with Gasteiger partial charge in [0.1, 0.15) is 11.2 Å². The summed E-state index contributed by atoms with van der Waals surface area (Å²) in [4.78, 5) is 42.9. The van der Waals surface area contributed by atoms with Gasteiger partial charge in [-0.3, -0.25) is 19.7 Å². The molecule has 4 aromatic rings. The van der Waals surface area contributed by atoms with Gasteiger partial charge in [0, 0.05) is 45.2 Å². The standard InChI is InChI=1S/C24H23N9O2/c1-33(2)24(35)17-10-26-11-18-19(17)30-22(29-18)20-16-6-14(8-27-21(16)32-31-20)13-5-15(9-25-7-13)28-23(34)12-3-4-12/h5-6,8-12,25H,3-4,7H2,1-2H3,(H,28,34)(H,29,30)(H,27,31,32). The third kappa shape index (κ3) is 3.80. The van der Waals surface area contributed by atoms with E-state index in [1.54, 1.807) is 26.5 Å². The topological polar surface area (TPSA) is 145 Å². The number of rotatable bonds is 5. The maximum absolute atomic E-state index is 12.6. The molecule has 0 radical (unpaired) electrons. The predicted octanol–water partition coefficient (Wildman–Crippen LogP) is 1.95. The number of hydrogen-bond acceptors (Lipinski definition) is 7. The first-order chi connectivity index (χ1) is 17.0. The second-order valence-corrected chi connectivity index (χ2v) is 8.97. The summed E-state index contributed by atoms with van der Waals surface area (Å²) in [5, 5.41) is 14.4. The zero-order chi connectivity index (χ0) is 24.1. The van der Waals surface area contributed by atoms with Gasteiger partial charge in [-0.25, -0.2) is 9.97 Å². The van der Waals surface area contributed by atoms with Crippen LogP contribution in [-0.2, 0) is 4.79 Å². The summed E-state index contributed by atoms with van der Waals surface area (Å²) in [7, 11) is 3.38. The van der Waals surface area contributed by atoms with E-state index in [0.717, 1.165) is 35.1 Å². The van der Waals surface area contributed by atoms with Crippen molar-refractivity contribution >= 4 is 39.5 Å². The molecule has 1 fully saturated rings. The normalized spacial score (nSPS) is 15.5. The maximum atomic E-state index is 12.6. The predicted molar refractivity (Wildman–Crippen MR) is 130 cm³/mol. The van der Waals surface area contributed by atoms with Crippen LogP contribution >= 0.6 is 0 Å². The monoisotopic (exact) mass is 469 g/mol. The summed E-state index contributed by atoms with van der Waals surface area (Å²) >= 11 is 0. The first-order valence-electron chi connectivity index (χ1n) is 11.3. The molecule has 0 atom stereocenters. The van der Waals surface area contributed by atoms with Crippen molar-refractivity contribution in [3.63, 3.8) is 0 Å². The molecule has 0 bridgehead atoms. The molecule has 6 rings (SSSR count). The number of amides is 2. The Kier molecular flexibility index (Phi) is 4.83. The lowest BCUT2D eigenvalue weighted by molar-refractivity contribution is -0.121.